The van der Waals surface area contributed by atoms with Crippen molar-refractivity contribution in [2.24, 2.45) is 5.92 Å². The zero-order valence-corrected chi connectivity index (χ0v) is 12.0. The van der Waals surface area contributed by atoms with Gasteiger partial charge in [-0.15, -0.1) is 0 Å². The summed E-state index contributed by atoms with van der Waals surface area (Å²) in [7, 11) is 0. The van der Waals surface area contributed by atoms with Gasteiger partial charge in [0.05, 0.1) is 11.8 Å². The Labute approximate surface area is 127 Å². The van der Waals surface area contributed by atoms with Crippen molar-refractivity contribution in [1.82, 2.24) is 5.32 Å². The third kappa shape index (κ3) is 2.81. The quantitative estimate of drug-likeness (QED) is 0.788. The topological polar surface area (TPSA) is 95.5 Å². The number of para-hydroxylation sites is 1. The number of carboxylic acid groups (broad SMARTS) is 1. The molecule has 1 aromatic rings. The van der Waals surface area contributed by atoms with E-state index in [-0.39, 0.29) is 30.2 Å². The van der Waals surface area contributed by atoms with Crippen molar-refractivity contribution >= 4 is 23.5 Å². The van der Waals surface area contributed by atoms with Crippen LogP contribution in [0.25, 0.3) is 0 Å². The van der Waals surface area contributed by atoms with Crippen LogP contribution in [0.5, 0.6) is 0 Å². The average molecular weight is 302 g/mol. The van der Waals surface area contributed by atoms with E-state index in [0.29, 0.717) is 24.9 Å². The Morgan fingerprint density at radius 2 is 2.00 bits per heavy atom. The molecular formula is C16H18N2O4. The molecule has 3 N–H and O–H groups in total. The minimum Gasteiger partial charge on any atom is -0.481 e. The molecule has 6 nitrogen and oxygen atoms in total. The summed E-state index contributed by atoms with van der Waals surface area (Å²) in [5.74, 6) is -2.06. The summed E-state index contributed by atoms with van der Waals surface area (Å²) < 4.78 is 0. The van der Waals surface area contributed by atoms with Crippen molar-refractivity contribution in [3.63, 3.8) is 0 Å². The first kappa shape index (κ1) is 14.6. The summed E-state index contributed by atoms with van der Waals surface area (Å²) in [5.41, 5.74) is 1.49. The van der Waals surface area contributed by atoms with E-state index in [1.807, 2.05) is 18.2 Å². The molecule has 22 heavy (non-hydrogen) atoms. The number of carbonyl (C=O) groups is 3. The Hall–Kier alpha value is -2.37. The minimum atomic E-state index is -0.806. The molecule has 0 radical (unpaired) electrons. The first-order chi connectivity index (χ1) is 10.5. The van der Waals surface area contributed by atoms with E-state index in [4.69, 9.17) is 5.11 Å². The van der Waals surface area contributed by atoms with Crippen molar-refractivity contribution in [2.45, 2.75) is 37.6 Å². The summed E-state index contributed by atoms with van der Waals surface area (Å²) >= 11 is 0. The first-order valence-electron chi connectivity index (χ1n) is 7.46. The third-order valence-electron chi connectivity index (χ3n) is 4.44. The van der Waals surface area contributed by atoms with Crippen molar-refractivity contribution < 1.29 is 19.5 Å². The van der Waals surface area contributed by atoms with Crippen LogP contribution in [-0.4, -0.2) is 28.9 Å². The second kappa shape index (κ2) is 5.79. The van der Waals surface area contributed by atoms with Crippen LogP contribution in [0.3, 0.4) is 0 Å². The van der Waals surface area contributed by atoms with Gasteiger partial charge in [-0.1, -0.05) is 18.2 Å². The number of amides is 2. The van der Waals surface area contributed by atoms with Crippen molar-refractivity contribution in [1.29, 1.82) is 0 Å². The van der Waals surface area contributed by atoms with Gasteiger partial charge in [0.1, 0.15) is 0 Å². The molecule has 1 aromatic carbocycles. The van der Waals surface area contributed by atoms with E-state index in [0.717, 1.165) is 5.56 Å². The zero-order chi connectivity index (χ0) is 15.7. The van der Waals surface area contributed by atoms with Gasteiger partial charge in [0, 0.05) is 18.2 Å². The minimum absolute atomic E-state index is 0.120. The normalized spacial score (nSPS) is 26.9. The van der Waals surface area contributed by atoms with Gasteiger partial charge in [-0.25, -0.2) is 0 Å². The number of anilines is 1. The predicted molar refractivity (Wildman–Crippen MR) is 79.3 cm³/mol. The smallest absolute Gasteiger partial charge is 0.306 e. The van der Waals surface area contributed by atoms with E-state index in [1.165, 1.54) is 0 Å². The molecule has 116 valence electrons. The molecule has 0 bridgehead atoms. The SMILES string of the molecule is O=C1CC(C(=O)N[C@H]2CC[C@@H](C(=O)O)C2)c2ccccc2N1. The van der Waals surface area contributed by atoms with Gasteiger partial charge in [-0.3, -0.25) is 14.4 Å². The summed E-state index contributed by atoms with van der Waals surface area (Å²) in [6.45, 7) is 0. The highest BCUT2D eigenvalue weighted by Crippen LogP contribution is 2.33. The van der Waals surface area contributed by atoms with Crippen LogP contribution in [0.15, 0.2) is 24.3 Å². The Balaban J connectivity index is 1.71. The van der Waals surface area contributed by atoms with Crippen LogP contribution in [-0.2, 0) is 14.4 Å². The van der Waals surface area contributed by atoms with Crippen LogP contribution in [0, 0.1) is 5.92 Å². The van der Waals surface area contributed by atoms with E-state index in [2.05, 4.69) is 10.6 Å². The van der Waals surface area contributed by atoms with Gasteiger partial charge in [0.15, 0.2) is 0 Å². The standard InChI is InChI=1S/C16H18N2O4/c19-14-8-12(11-3-1-2-4-13(11)18-14)15(20)17-10-6-5-9(7-10)16(21)22/h1-4,9-10,12H,5-8H2,(H,17,20)(H,18,19)(H,21,22)/t9-,10+,12?/m1/s1. The molecule has 1 saturated carbocycles. The molecule has 2 aliphatic rings. The fraction of sp³-hybridized carbons (Fsp3) is 0.438. The van der Waals surface area contributed by atoms with Gasteiger partial charge in [-0.05, 0) is 30.9 Å². The highest BCUT2D eigenvalue weighted by molar-refractivity contribution is 6.01. The van der Waals surface area contributed by atoms with Gasteiger partial charge in [-0.2, -0.15) is 0 Å². The number of carboxylic acids is 1. The second-order valence-electron chi connectivity index (χ2n) is 5.95. The third-order valence-corrected chi connectivity index (χ3v) is 4.44. The molecule has 1 fully saturated rings. The number of hydrogen-bond acceptors (Lipinski definition) is 3. The molecule has 1 aliphatic carbocycles. The molecule has 3 atom stereocenters. The lowest BCUT2D eigenvalue weighted by molar-refractivity contribution is -0.141. The number of fused-ring (bicyclic) bond motifs is 1. The molecule has 1 heterocycles. The Morgan fingerprint density at radius 3 is 2.73 bits per heavy atom. The molecule has 0 aromatic heterocycles. The highest BCUT2D eigenvalue weighted by atomic mass is 16.4. The molecule has 6 heteroatoms. The number of benzene rings is 1. The summed E-state index contributed by atoms with van der Waals surface area (Å²) in [6, 6.07) is 7.15. The molecule has 1 aliphatic heterocycles. The van der Waals surface area contributed by atoms with Gasteiger partial charge >= 0.3 is 5.97 Å². The maximum absolute atomic E-state index is 12.5. The van der Waals surface area contributed by atoms with Crippen molar-refractivity contribution in [3.05, 3.63) is 29.8 Å². The van der Waals surface area contributed by atoms with Crippen LogP contribution >= 0.6 is 0 Å². The monoisotopic (exact) mass is 302 g/mol. The van der Waals surface area contributed by atoms with Gasteiger partial charge < -0.3 is 15.7 Å². The maximum atomic E-state index is 12.5. The molecule has 2 amide bonds. The van der Waals surface area contributed by atoms with E-state index >= 15 is 0 Å². The maximum Gasteiger partial charge on any atom is 0.306 e. The summed E-state index contributed by atoms with van der Waals surface area (Å²) in [6.07, 6.45) is 1.84. The number of nitrogens with one attached hydrogen (secondary N) is 2. The van der Waals surface area contributed by atoms with Crippen LogP contribution in [0.1, 0.15) is 37.2 Å². The fourth-order valence-corrected chi connectivity index (χ4v) is 3.28. The second-order valence-corrected chi connectivity index (χ2v) is 5.95. The Bertz CT molecular complexity index is 628. The van der Waals surface area contributed by atoms with Crippen LogP contribution in [0.2, 0.25) is 0 Å². The highest BCUT2D eigenvalue weighted by Gasteiger charge is 2.35. The number of rotatable bonds is 3. The average Bonchev–Trinajstić information content (AvgIpc) is 2.95. The Morgan fingerprint density at radius 1 is 1.23 bits per heavy atom. The molecule has 0 spiro atoms. The zero-order valence-electron chi connectivity index (χ0n) is 12.0. The van der Waals surface area contributed by atoms with Crippen LogP contribution < -0.4 is 10.6 Å². The first-order valence-corrected chi connectivity index (χ1v) is 7.46. The summed E-state index contributed by atoms with van der Waals surface area (Å²) in [4.78, 5) is 35.2. The number of aliphatic carboxylic acids is 1. The molecule has 1 unspecified atom stereocenters. The lowest BCUT2D eigenvalue weighted by Crippen LogP contribution is -2.39. The largest absolute Gasteiger partial charge is 0.481 e. The van der Waals surface area contributed by atoms with E-state index in [1.54, 1.807) is 6.07 Å². The molecular weight excluding hydrogens is 284 g/mol. The summed E-state index contributed by atoms with van der Waals surface area (Å²) in [5, 5.41) is 14.7. The number of hydrogen-bond donors (Lipinski definition) is 3. The van der Waals surface area contributed by atoms with Gasteiger partial charge in [0.25, 0.3) is 0 Å². The lowest BCUT2D eigenvalue weighted by atomic mass is 9.89. The predicted octanol–water partition coefficient (Wildman–Crippen LogP) is 1.48. The number of carbonyl (C=O) groups excluding carboxylic acids is 2. The fourth-order valence-electron chi connectivity index (χ4n) is 3.28. The van der Waals surface area contributed by atoms with E-state index < -0.39 is 11.9 Å². The molecule has 0 saturated heterocycles. The lowest BCUT2D eigenvalue weighted by Gasteiger charge is -2.26. The van der Waals surface area contributed by atoms with Crippen LogP contribution in [0.4, 0.5) is 5.69 Å². The molecule has 3 rings (SSSR count). The van der Waals surface area contributed by atoms with Crippen molar-refractivity contribution in [3.8, 4) is 0 Å². The van der Waals surface area contributed by atoms with Gasteiger partial charge in [0.2, 0.25) is 11.8 Å². The van der Waals surface area contributed by atoms with E-state index in [9.17, 15) is 14.4 Å². The Kier molecular flexibility index (Phi) is 3.83. The van der Waals surface area contributed by atoms with Crippen molar-refractivity contribution in [2.75, 3.05) is 5.32 Å².